The Labute approximate surface area is 197 Å². The van der Waals surface area contributed by atoms with Crippen LogP contribution in [0.3, 0.4) is 0 Å². The fraction of sp³-hybridized carbons (Fsp3) is 0.481. The van der Waals surface area contributed by atoms with Crippen molar-refractivity contribution in [1.29, 1.82) is 0 Å². The van der Waals surface area contributed by atoms with Crippen molar-refractivity contribution in [3.05, 3.63) is 59.9 Å². The lowest BCUT2D eigenvalue weighted by atomic mass is 9.77. The summed E-state index contributed by atoms with van der Waals surface area (Å²) in [6.45, 7) is 1.54. The van der Waals surface area contributed by atoms with Crippen LogP contribution in [0.2, 0.25) is 0 Å². The van der Waals surface area contributed by atoms with Crippen molar-refractivity contribution in [2.24, 2.45) is 11.8 Å². The van der Waals surface area contributed by atoms with Gasteiger partial charge in [-0.2, -0.15) is 4.39 Å². The zero-order valence-electron chi connectivity index (χ0n) is 19.6. The van der Waals surface area contributed by atoms with E-state index >= 15 is 0 Å². The van der Waals surface area contributed by atoms with Crippen molar-refractivity contribution in [1.82, 2.24) is 0 Å². The average molecular weight is 483 g/mol. The maximum absolute atomic E-state index is 14.7. The largest absolute Gasteiger partial charge is 0.494 e. The molecule has 2 aromatic carbocycles. The first-order valence-corrected chi connectivity index (χ1v) is 11.7. The van der Waals surface area contributed by atoms with Gasteiger partial charge >= 0.3 is 0 Å². The molecular formula is C27H31F5O2. The number of methoxy groups -OCH3 is 1. The van der Waals surface area contributed by atoms with Gasteiger partial charge in [0, 0.05) is 17.9 Å². The smallest absolute Gasteiger partial charge is 0.254 e. The van der Waals surface area contributed by atoms with Crippen LogP contribution < -0.4 is 9.47 Å². The van der Waals surface area contributed by atoms with Gasteiger partial charge in [-0.15, -0.1) is 0 Å². The number of benzene rings is 2. The van der Waals surface area contributed by atoms with Crippen LogP contribution in [0.4, 0.5) is 22.0 Å². The minimum Gasteiger partial charge on any atom is -0.494 e. The second kappa shape index (κ2) is 11.7. The van der Waals surface area contributed by atoms with E-state index in [9.17, 15) is 22.0 Å². The molecule has 1 aliphatic carbocycles. The molecular weight excluding hydrogens is 451 g/mol. The molecule has 0 aromatic heterocycles. The second-order valence-corrected chi connectivity index (χ2v) is 8.81. The first-order valence-electron chi connectivity index (χ1n) is 11.7. The molecule has 2 nitrogen and oxygen atoms in total. The number of ether oxygens (including phenoxy) is 2. The molecule has 186 valence electrons. The van der Waals surface area contributed by atoms with Gasteiger partial charge in [-0.05, 0) is 81.2 Å². The van der Waals surface area contributed by atoms with Crippen molar-refractivity contribution in [3.63, 3.8) is 0 Å². The number of halogens is 5. The summed E-state index contributed by atoms with van der Waals surface area (Å²) in [6.07, 6.45) is 8.03. The molecule has 0 amide bonds. The van der Waals surface area contributed by atoms with Gasteiger partial charge in [0.1, 0.15) is 0 Å². The Kier molecular flexibility index (Phi) is 8.97. The minimum absolute atomic E-state index is 0.0207. The van der Waals surface area contributed by atoms with E-state index in [-0.39, 0.29) is 16.9 Å². The Morgan fingerprint density at radius 2 is 1.68 bits per heavy atom. The summed E-state index contributed by atoms with van der Waals surface area (Å²) in [6, 6.07) is 6.15. The standard InChI is InChI=1S/C27H31F5O2/c1-3-4-5-6-18-7-10-20(11-8-18)27(31,32)15-16-34-24-14-12-21(25(29)26(24)30)19-9-13-23(33-2)22(28)17-19/h3-4,9,12-14,17-18,20H,5-8,10-11,15-16H2,1-2H3. The van der Waals surface area contributed by atoms with Crippen LogP contribution in [-0.4, -0.2) is 19.6 Å². The molecule has 34 heavy (non-hydrogen) atoms. The van der Waals surface area contributed by atoms with Crippen molar-refractivity contribution in [2.75, 3.05) is 13.7 Å². The van der Waals surface area contributed by atoms with Crippen LogP contribution in [0.15, 0.2) is 42.5 Å². The van der Waals surface area contributed by atoms with Crippen molar-refractivity contribution in [3.8, 4) is 22.6 Å². The molecule has 0 radical (unpaired) electrons. The van der Waals surface area contributed by atoms with E-state index in [0.717, 1.165) is 31.7 Å². The minimum atomic E-state index is -2.93. The topological polar surface area (TPSA) is 18.5 Å². The van der Waals surface area contributed by atoms with E-state index in [2.05, 4.69) is 6.08 Å². The highest BCUT2D eigenvalue weighted by atomic mass is 19.3. The normalized spacial score (nSPS) is 18.9. The highest BCUT2D eigenvalue weighted by Crippen LogP contribution is 2.42. The van der Waals surface area contributed by atoms with E-state index in [1.807, 2.05) is 13.0 Å². The van der Waals surface area contributed by atoms with E-state index in [0.29, 0.717) is 18.8 Å². The number of rotatable bonds is 10. The van der Waals surface area contributed by atoms with E-state index in [4.69, 9.17) is 9.47 Å². The summed E-state index contributed by atoms with van der Waals surface area (Å²) in [7, 11) is 1.30. The molecule has 1 fully saturated rings. The molecule has 0 heterocycles. The molecule has 3 rings (SSSR count). The van der Waals surface area contributed by atoms with E-state index in [1.165, 1.54) is 31.4 Å². The lowest BCUT2D eigenvalue weighted by Crippen LogP contribution is -2.33. The molecule has 0 unspecified atom stereocenters. The third-order valence-electron chi connectivity index (χ3n) is 6.62. The summed E-state index contributed by atoms with van der Waals surface area (Å²) in [5.74, 6) is -6.87. The predicted molar refractivity (Wildman–Crippen MR) is 123 cm³/mol. The monoisotopic (exact) mass is 482 g/mol. The second-order valence-electron chi connectivity index (χ2n) is 8.81. The van der Waals surface area contributed by atoms with E-state index < -0.39 is 48.1 Å². The molecule has 7 heteroatoms. The highest BCUT2D eigenvalue weighted by molar-refractivity contribution is 5.66. The van der Waals surface area contributed by atoms with Crippen LogP contribution in [0.5, 0.6) is 11.5 Å². The van der Waals surface area contributed by atoms with Gasteiger partial charge in [0.25, 0.3) is 5.92 Å². The summed E-state index contributed by atoms with van der Waals surface area (Å²) in [4.78, 5) is 0. The van der Waals surface area contributed by atoms with Gasteiger partial charge < -0.3 is 9.47 Å². The molecule has 0 saturated heterocycles. The van der Waals surface area contributed by atoms with Gasteiger partial charge in [-0.3, -0.25) is 0 Å². The Morgan fingerprint density at radius 3 is 2.32 bits per heavy atom. The molecule has 0 atom stereocenters. The third kappa shape index (κ3) is 6.30. The Balaban J connectivity index is 1.56. The van der Waals surface area contributed by atoms with Crippen molar-refractivity contribution >= 4 is 0 Å². The van der Waals surface area contributed by atoms with Crippen LogP contribution >= 0.6 is 0 Å². The molecule has 1 aliphatic rings. The quantitative estimate of drug-likeness (QED) is 0.250. The first-order chi connectivity index (χ1) is 16.3. The van der Waals surface area contributed by atoms with Crippen molar-refractivity contribution in [2.45, 2.75) is 57.8 Å². The zero-order valence-corrected chi connectivity index (χ0v) is 19.6. The van der Waals surface area contributed by atoms with Gasteiger partial charge in [-0.25, -0.2) is 17.6 Å². The maximum Gasteiger partial charge on any atom is 0.254 e. The molecule has 0 N–H and O–H groups in total. The summed E-state index contributed by atoms with van der Waals surface area (Å²) >= 11 is 0. The maximum atomic E-state index is 14.7. The fourth-order valence-corrected chi connectivity index (χ4v) is 4.57. The average Bonchev–Trinajstić information content (AvgIpc) is 2.82. The number of alkyl halides is 2. The van der Waals surface area contributed by atoms with Crippen LogP contribution in [0.25, 0.3) is 11.1 Å². The summed E-state index contributed by atoms with van der Waals surface area (Å²) in [5.41, 5.74) is -0.0444. The predicted octanol–water partition coefficient (Wildman–Crippen LogP) is 8.35. The van der Waals surface area contributed by atoms with Crippen molar-refractivity contribution < 1.29 is 31.4 Å². The van der Waals surface area contributed by atoms with Gasteiger partial charge in [-0.1, -0.05) is 18.2 Å². The number of hydrogen-bond donors (Lipinski definition) is 0. The highest BCUT2D eigenvalue weighted by Gasteiger charge is 2.41. The summed E-state index contributed by atoms with van der Waals surface area (Å²) in [5, 5.41) is 0. The lowest BCUT2D eigenvalue weighted by Gasteiger charge is -2.33. The molecule has 0 bridgehead atoms. The molecule has 0 spiro atoms. The Morgan fingerprint density at radius 1 is 0.971 bits per heavy atom. The van der Waals surface area contributed by atoms with Gasteiger partial charge in [0.05, 0.1) is 13.7 Å². The zero-order chi connectivity index (χ0) is 24.7. The number of hydrogen-bond acceptors (Lipinski definition) is 2. The van der Waals surface area contributed by atoms with Gasteiger partial charge in [0.2, 0.25) is 5.82 Å². The number of allylic oxidation sites excluding steroid dienone is 2. The Hall–Kier alpha value is -2.57. The summed E-state index contributed by atoms with van der Waals surface area (Å²) < 4.78 is 82.5. The van der Waals surface area contributed by atoms with E-state index in [1.54, 1.807) is 0 Å². The fourth-order valence-electron chi connectivity index (χ4n) is 4.57. The van der Waals surface area contributed by atoms with Crippen LogP contribution in [-0.2, 0) is 0 Å². The SMILES string of the molecule is CC=CCCC1CCC(C(F)(F)CCOc2ccc(-c3ccc(OC)c(F)c3)c(F)c2F)CC1. The van der Waals surface area contributed by atoms with Crippen LogP contribution in [0, 0.1) is 29.3 Å². The molecule has 1 saturated carbocycles. The Bertz CT molecular complexity index is 981. The molecule has 0 aliphatic heterocycles. The lowest BCUT2D eigenvalue weighted by molar-refractivity contribution is -0.0882. The third-order valence-corrected chi connectivity index (χ3v) is 6.62. The first kappa shape index (κ1) is 26.0. The van der Waals surface area contributed by atoms with Gasteiger partial charge in [0.15, 0.2) is 23.1 Å². The van der Waals surface area contributed by atoms with Crippen LogP contribution in [0.1, 0.15) is 51.9 Å². The molecule has 2 aromatic rings.